The standard InChI is InChI=1S/C21H23N5OS/c1-2-12-26-20(16-8-10-22-11-9-16)24-25-21(26)28-14-19(27)23-18-7-6-15-4-3-5-17(15)13-18/h6-11,13H,2-5,12,14H2,1H3,(H,23,27). The Morgan fingerprint density at radius 2 is 1.96 bits per heavy atom. The fraction of sp³-hybridized carbons (Fsp3) is 0.333. The summed E-state index contributed by atoms with van der Waals surface area (Å²) >= 11 is 1.42. The number of fused-ring (bicyclic) bond motifs is 1. The van der Waals surface area contributed by atoms with Gasteiger partial charge in [0.25, 0.3) is 0 Å². The lowest BCUT2D eigenvalue weighted by Gasteiger charge is -2.09. The number of hydrogen-bond acceptors (Lipinski definition) is 5. The first-order chi connectivity index (χ1) is 13.7. The zero-order valence-corrected chi connectivity index (χ0v) is 16.7. The summed E-state index contributed by atoms with van der Waals surface area (Å²) in [7, 11) is 0. The van der Waals surface area contributed by atoms with Gasteiger partial charge >= 0.3 is 0 Å². The van der Waals surface area contributed by atoms with Crippen molar-refractivity contribution in [2.75, 3.05) is 11.1 Å². The minimum absolute atomic E-state index is 0.0283. The molecule has 0 bridgehead atoms. The van der Waals surface area contributed by atoms with Crippen LogP contribution in [0.15, 0.2) is 47.9 Å². The Kier molecular flexibility index (Phi) is 5.71. The molecule has 0 saturated carbocycles. The van der Waals surface area contributed by atoms with E-state index in [0.29, 0.717) is 5.75 Å². The molecule has 0 aliphatic heterocycles. The highest BCUT2D eigenvalue weighted by molar-refractivity contribution is 7.99. The summed E-state index contributed by atoms with van der Waals surface area (Å²) in [5.41, 5.74) is 4.61. The molecular formula is C21H23N5OS. The highest BCUT2D eigenvalue weighted by Gasteiger charge is 2.16. The molecule has 0 spiro atoms. The van der Waals surface area contributed by atoms with E-state index >= 15 is 0 Å². The number of anilines is 1. The van der Waals surface area contributed by atoms with Crippen molar-refractivity contribution >= 4 is 23.4 Å². The zero-order chi connectivity index (χ0) is 19.3. The molecule has 1 aliphatic rings. The number of carbonyl (C=O) groups excluding carboxylic acids is 1. The minimum atomic E-state index is -0.0283. The number of aryl methyl sites for hydroxylation is 2. The van der Waals surface area contributed by atoms with Gasteiger partial charge in [-0.05, 0) is 61.1 Å². The molecule has 1 aliphatic carbocycles. The monoisotopic (exact) mass is 393 g/mol. The van der Waals surface area contributed by atoms with E-state index in [1.807, 2.05) is 18.2 Å². The lowest BCUT2D eigenvalue weighted by Crippen LogP contribution is -2.15. The predicted molar refractivity (Wildman–Crippen MR) is 111 cm³/mol. The van der Waals surface area contributed by atoms with Crippen molar-refractivity contribution in [1.82, 2.24) is 19.7 Å². The SMILES string of the molecule is CCCn1c(SCC(=O)Nc2ccc3c(c2)CCC3)nnc1-c1ccncc1. The third-order valence-corrected chi connectivity index (χ3v) is 5.78. The summed E-state index contributed by atoms with van der Waals surface area (Å²) in [6, 6.07) is 10.1. The molecule has 144 valence electrons. The highest BCUT2D eigenvalue weighted by Crippen LogP contribution is 2.26. The fourth-order valence-corrected chi connectivity index (χ4v) is 4.28. The molecule has 28 heavy (non-hydrogen) atoms. The van der Waals surface area contributed by atoms with Crippen LogP contribution in [0.3, 0.4) is 0 Å². The van der Waals surface area contributed by atoms with Gasteiger partial charge in [0.15, 0.2) is 11.0 Å². The predicted octanol–water partition coefficient (Wildman–Crippen LogP) is 3.97. The summed E-state index contributed by atoms with van der Waals surface area (Å²) in [5.74, 6) is 1.08. The van der Waals surface area contributed by atoms with Crippen molar-refractivity contribution in [1.29, 1.82) is 0 Å². The van der Waals surface area contributed by atoms with Crippen molar-refractivity contribution < 1.29 is 4.79 Å². The Hall–Kier alpha value is -2.67. The summed E-state index contributed by atoms with van der Waals surface area (Å²) in [5, 5.41) is 12.4. The van der Waals surface area contributed by atoms with Crippen LogP contribution < -0.4 is 5.32 Å². The molecule has 4 rings (SSSR count). The van der Waals surface area contributed by atoms with Gasteiger partial charge in [-0.15, -0.1) is 10.2 Å². The van der Waals surface area contributed by atoms with Gasteiger partial charge in [0.1, 0.15) is 0 Å². The van der Waals surface area contributed by atoms with E-state index in [9.17, 15) is 4.79 Å². The van der Waals surface area contributed by atoms with Crippen LogP contribution in [0, 0.1) is 0 Å². The average molecular weight is 394 g/mol. The summed E-state index contributed by atoms with van der Waals surface area (Å²) in [4.78, 5) is 16.5. The first kappa shape index (κ1) is 18.7. The van der Waals surface area contributed by atoms with Crippen LogP contribution in [0.25, 0.3) is 11.4 Å². The van der Waals surface area contributed by atoms with Gasteiger partial charge in [-0.2, -0.15) is 0 Å². The number of rotatable bonds is 7. The number of aromatic nitrogens is 4. The minimum Gasteiger partial charge on any atom is -0.325 e. The van der Waals surface area contributed by atoms with Crippen molar-refractivity contribution in [3.8, 4) is 11.4 Å². The van der Waals surface area contributed by atoms with E-state index in [1.165, 1.54) is 29.3 Å². The van der Waals surface area contributed by atoms with E-state index in [0.717, 1.165) is 48.0 Å². The maximum absolute atomic E-state index is 12.4. The number of nitrogens with zero attached hydrogens (tertiary/aromatic N) is 4. The van der Waals surface area contributed by atoms with Crippen LogP contribution >= 0.6 is 11.8 Å². The lowest BCUT2D eigenvalue weighted by molar-refractivity contribution is -0.113. The van der Waals surface area contributed by atoms with E-state index in [2.05, 4.69) is 44.1 Å². The fourth-order valence-electron chi connectivity index (χ4n) is 3.51. The summed E-state index contributed by atoms with van der Waals surface area (Å²) in [6.07, 6.45) is 7.91. The maximum atomic E-state index is 12.4. The number of thioether (sulfide) groups is 1. The molecule has 1 N–H and O–H groups in total. The molecule has 2 aromatic heterocycles. The molecule has 1 aromatic carbocycles. The summed E-state index contributed by atoms with van der Waals surface area (Å²) in [6.45, 7) is 2.92. The number of carbonyl (C=O) groups is 1. The van der Waals surface area contributed by atoms with Crippen molar-refractivity contribution in [3.63, 3.8) is 0 Å². The smallest absolute Gasteiger partial charge is 0.234 e. The Morgan fingerprint density at radius 1 is 1.14 bits per heavy atom. The second-order valence-electron chi connectivity index (χ2n) is 6.87. The molecule has 0 atom stereocenters. The van der Waals surface area contributed by atoms with Gasteiger partial charge in [0, 0.05) is 30.2 Å². The molecule has 0 fully saturated rings. The topological polar surface area (TPSA) is 72.7 Å². The van der Waals surface area contributed by atoms with Crippen molar-refractivity contribution in [2.24, 2.45) is 0 Å². The Labute approximate surface area is 168 Å². The molecule has 7 heteroatoms. The molecular weight excluding hydrogens is 370 g/mol. The molecule has 0 unspecified atom stereocenters. The second kappa shape index (κ2) is 8.56. The average Bonchev–Trinajstić information content (AvgIpc) is 3.34. The van der Waals surface area contributed by atoms with Crippen LogP contribution in [-0.2, 0) is 24.2 Å². The van der Waals surface area contributed by atoms with Crippen molar-refractivity contribution in [3.05, 3.63) is 53.9 Å². The van der Waals surface area contributed by atoms with Gasteiger partial charge in [-0.1, -0.05) is 24.8 Å². The maximum Gasteiger partial charge on any atom is 0.234 e. The van der Waals surface area contributed by atoms with Gasteiger partial charge in [-0.25, -0.2) is 0 Å². The molecule has 0 radical (unpaired) electrons. The first-order valence-corrected chi connectivity index (χ1v) is 10.6. The molecule has 0 saturated heterocycles. The number of amides is 1. The third-order valence-electron chi connectivity index (χ3n) is 4.82. The highest BCUT2D eigenvalue weighted by atomic mass is 32.2. The number of hydrogen-bond donors (Lipinski definition) is 1. The number of nitrogens with one attached hydrogen (secondary N) is 1. The van der Waals surface area contributed by atoms with Gasteiger partial charge in [0.05, 0.1) is 5.75 Å². The third kappa shape index (κ3) is 4.09. The second-order valence-corrected chi connectivity index (χ2v) is 7.81. The van der Waals surface area contributed by atoms with Crippen LogP contribution in [0.2, 0.25) is 0 Å². The van der Waals surface area contributed by atoms with E-state index in [4.69, 9.17) is 0 Å². The van der Waals surface area contributed by atoms with Crippen LogP contribution in [0.1, 0.15) is 30.9 Å². The Bertz CT molecular complexity index is 970. The number of benzene rings is 1. The lowest BCUT2D eigenvalue weighted by atomic mass is 10.1. The summed E-state index contributed by atoms with van der Waals surface area (Å²) < 4.78 is 2.07. The van der Waals surface area contributed by atoms with Gasteiger partial charge < -0.3 is 9.88 Å². The molecule has 6 nitrogen and oxygen atoms in total. The Morgan fingerprint density at radius 3 is 2.79 bits per heavy atom. The van der Waals surface area contributed by atoms with Crippen LogP contribution in [-0.4, -0.2) is 31.4 Å². The van der Waals surface area contributed by atoms with Crippen molar-refractivity contribution in [2.45, 2.75) is 44.3 Å². The first-order valence-electron chi connectivity index (χ1n) is 9.62. The Balaban J connectivity index is 1.43. The van der Waals surface area contributed by atoms with E-state index in [-0.39, 0.29) is 5.91 Å². The quantitative estimate of drug-likeness (QED) is 0.615. The van der Waals surface area contributed by atoms with Gasteiger partial charge in [-0.3, -0.25) is 9.78 Å². The number of pyridine rings is 1. The molecule has 3 aromatic rings. The largest absolute Gasteiger partial charge is 0.325 e. The van der Waals surface area contributed by atoms with Crippen LogP contribution in [0.5, 0.6) is 0 Å². The molecule has 2 heterocycles. The van der Waals surface area contributed by atoms with E-state index < -0.39 is 0 Å². The zero-order valence-electron chi connectivity index (χ0n) is 15.9. The van der Waals surface area contributed by atoms with Gasteiger partial charge in [0.2, 0.25) is 5.91 Å². The van der Waals surface area contributed by atoms with E-state index in [1.54, 1.807) is 12.4 Å². The molecule has 1 amide bonds. The normalized spacial score (nSPS) is 12.8. The van der Waals surface area contributed by atoms with Crippen LogP contribution in [0.4, 0.5) is 5.69 Å².